The molecule has 1 amide bonds. The van der Waals surface area contributed by atoms with Crippen LogP contribution >= 0.6 is 0 Å². The number of rotatable bonds is 4. The summed E-state index contributed by atoms with van der Waals surface area (Å²) in [4.78, 5) is 15.6. The maximum Gasteiger partial charge on any atom is 0.262 e. The summed E-state index contributed by atoms with van der Waals surface area (Å²) in [6, 6.07) is 5.73. The Hall–Kier alpha value is -2.41. The van der Waals surface area contributed by atoms with E-state index in [2.05, 4.69) is 20.8 Å². The highest BCUT2D eigenvalue weighted by molar-refractivity contribution is 5.95. The Morgan fingerprint density at radius 3 is 2.86 bits per heavy atom. The van der Waals surface area contributed by atoms with E-state index in [0.29, 0.717) is 23.2 Å². The third-order valence-electron chi connectivity index (χ3n) is 3.55. The van der Waals surface area contributed by atoms with Gasteiger partial charge in [-0.15, -0.1) is 0 Å². The highest BCUT2D eigenvalue weighted by atomic mass is 16.5. The molecular formula is C15H18N4O3. The number of nitrogens with zero attached hydrogens (tertiary/aromatic N) is 2. The van der Waals surface area contributed by atoms with Gasteiger partial charge in [0.05, 0.1) is 11.7 Å². The van der Waals surface area contributed by atoms with Gasteiger partial charge in [0.25, 0.3) is 5.91 Å². The molecule has 1 aromatic carbocycles. The molecule has 2 N–H and O–H groups in total. The van der Waals surface area contributed by atoms with Crippen LogP contribution in [0.1, 0.15) is 43.2 Å². The van der Waals surface area contributed by atoms with Gasteiger partial charge in [0, 0.05) is 6.04 Å². The number of nitrogens with one attached hydrogen (secondary N) is 2. The topological polar surface area (TPSA) is 89.3 Å². The van der Waals surface area contributed by atoms with Crippen LogP contribution in [0.2, 0.25) is 0 Å². The zero-order chi connectivity index (χ0) is 15.7. The summed E-state index contributed by atoms with van der Waals surface area (Å²) < 4.78 is 10.5. The number of hydrogen-bond acceptors (Lipinski definition) is 6. The lowest BCUT2D eigenvalue weighted by Crippen LogP contribution is -2.26. The van der Waals surface area contributed by atoms with Crippen molar-refractivity contribution in [3.05, 3.63) is 35.5 Å². The lowest BCUT2D eigenvalue weighted by molar-refractivity contribution is -0.118. The standard InChI is InChI=1S/C15H18N4O3/c1-8(16-9(2)15-17-10(3)19-22-15)11-4-5-13-12(6-11)18-14(20)7-21-13/h4-6,8-9,16H,7H2,1-3H3,(H,18,20)/t8-,9-/m0/s1. The molecule has 1 aliphatic rings. The van der Waals surface area contributed by atoms with E-state index < -0.39 is 0 Å². The molecule has 2 atom stereocenters. The van der Waals surface area contributed by atoms with Gasteiger partial charge in [-0.3, -0.25) is 10.1 Å². The normalized spacial score (nSPS) is 16.4. The third-order valence-corrected chi connectivity index (χ3v) is 3.55. The number of fused-ring (bicyclic) bond motifs is 1. The van der Waals surface area contributed by atoms with E-state index >= 15 is 0 Å². The predicted octanol–water partition coefficient (Wildman–Crippen LogP) is 2.12. The monoisotopic (exact) mass is 302 g/mol. The van der Waals surface area contributed by atoms with Gasteiger partial charge in [0.1, 0.15) is 5.75 Å². The van der Waals surface area contributed by atoms with Gasteiger partial charge < -0.3 is 14.6 Å². The third kappa shape index (κ3) is 2.94. The quantitative estimate of drug-likeness (QED) is 0.899. The molecule has 7 nitrogen and oxygen atoms in total. The van der Waals surface area contributed by atoms with Crippen LogP contribution in [0.15, 0.2) is 22.7 Å². The highest BCUT2D eigenvalue weighted by Gasteiger charge is 2.20. The second-order valence-electron chi connectivity index (χ2n) is 5.38. The van der Waals surface area contributed by atoms with Crippen molar-refractivity contribution >= 4 is 11.6 Å². The molecule has 0 spiro atoms. The highest BCUT2D eigenvalue weighted by Crippen LogP contribution is 2.31. The van der Waals surface area contributed by atoms with Crippen LogP contribution in [0.4, 0.5) is 5.69 Å². The first-order valence-electron chi connectivity index (χ1n) is 7.16. The number of ether oxygens (including phenoxy) is 1. The average molecular weight is 302 g/mol. The van der Waals surface area contributed by atoms with E-state index in [1.165, 1.54) is 0 Å². The number of carbonyl (C=O) groups excluding carboxylic acids is 1. The Bertz CT molecular complexity index is 698. The van der Waals surface area contributed by atoms with Gasteiger partial charge in [0.15, 0.2) is 12.4 Å². The number of hydrogen-bond donors (Lipinski definition) is 2. The zero-order valence-corrected chi connectivity index (χ0v) is 12.7. The molecule has 0 bridgehead atoms. The number of aryl methyl sites for hydroxylation is 1. The van der Waals surface area contributed by atoms with Crippen LogP contribution in [-0.2, 0) is 4.79 Å². The number of aromatic nitrogens is 2. The van der Waals surface area contributed by atoms with E-state index in [1.54, 1.807) is 6.92 Å². The molecule has 0 saturated heterocycles. The fraction of sp³-hybridized carbons (Fsp3) is 0.400. The number of amides is 1. The second-order valence-corrected chi connectivity index (χ2v) is 5.38. The largest absolute Gasteiger partial charge is 0.482 e. The van der Waals surface area contributed by atoms with Crippen LogP contribution in [0.25, 0.3) is 0 Å². The summed E-state index contributed by atoms with van der Waals surface area (Å²) in [6.07, 6.45) is 0. The van der Waals surface area contributed by atoms with Crippen molar-refractivity contribution in [3.8, 4) is 5.75 Å². The Kier molecular flexibility index (Phi) is 3.81. The lowest BCUT2D eigenvalue weighted by Gasteiger charge is -2.22. The molecule has 2 aromatic rings. The average Bonchev–Trinajstić information content (AvgIpc) is 2.93. The second kappa shape index (κ2) is 5.76. The minimum absolute atomic E-state index is 0.0475. The van der Waals surface area contributed by atoms with Gasteiger partial charge in [-0.1, -0.05) is 11.2 Å². The molecule has 0 saturated carbocycles. The van der Waals surface area contributed by atoms with Gasteiger partial charge in [-0.2, -0.15) is 4.98 Å². The molecule has 7 heteroatoms. The van der Waals surface area contributed by atoms with Crippen LogP contribution < -0.4 is 15.4 Å². The summed E-state index contributed by atoms with van der Waals surface area (Å²) >= 11 is 0. The summed E-state index contributed by atoms with van der Waals surface area (Å²) in [6.45, 7) is 5.85. The van der Waals surface area contributed by atoms with Crippen molar-refractivity contribution in [1.29, 1.82) is 0 Å². The molecule has 1 aromatic heterocycles. The van der Waals surface area contributed by atoms with E-state index in [9.17, 15) is 4.79 Å². The molecule has 22 heavy (non-hydrogen) atoms. The van der Waals surface area contributed by atoms with E-state index in [0.717, 1.165) is 5.56 Å². The fourth-order valence-electron chi connectivity index (χ4n) is 2.40. The van der Waals surface area contributed by atoms with Crippen molar-refractivity contribution in [2.75, 3.05) is 11.9 Å². The molecule has 0 radical (unpaired) electrons. The van der Waals surface area contributed by atoms with Crippen LogP contribution in [0.3, 0.4) is 0 Å². The molecule has 3 rings (SSSR count). The summed E-state index contributed by atoms with van der Waals surface area (Å²) in [5.41, 5.74) is 1.73. The molecular weight excluding hydrogens is 284 g/mol. The minimum atomic E-state index is -0.139. The van der Waals surface area contributed by atoms with Crippen molar-refractivity contribution in [2.24, 2.45) is 0 Å². The first kappa shape index (κ1) is 14.5. The first-order valence-corrected chi connectivity index (χ1v) is 7.16. The summed E-state index contributed by atoms with van der Waals surface area (Å²) in [5.74, 6) is 1.72. The van der Waals surface area contributed by atoms with E-state index in [-0.39, 0.29) is 24.6 Å². The Morgan fingerprint density at radius 1 is 1.32 bits per heavy atom. The zero-order valence-electron chi connectivity index (χ0n) is 12.7. The smallest absolute Gasteiger partial charge is 0.262 e. The van der Waals surface area contributed by atoms with Crippen molar-refractivity contribution in [2.45, 2.75) is 32.9 Å². The van der Waals surface area contributed by atoms with Gasteiger partial charge in [0.2, 0.25) is 5.89 Å². The van der Waals surface area contributed by atoms with E-state index in [1.807, 2.05) is 32.0 Å². The maximum atomic E-state index is 11.4. The summed E-state index contributed by atoms with van der Waals surface area (Å²) in [7, 11) is 0. The predicted molar refractivity (Wildman–Crippen MR) is 79.6 cm³/mol. The van der Waals surface area contributed by atoms with Crippen LogP contribution in [0.5, 0.6) is 5.75 Å². The number of anilines is 1. The summed E-state index contributed by atoms with van der Waals surface area (Å²) in [5, 5.41) is 10.00. The van der Waals surface area contributed by atoms with Gasteiger partial charge in [-0.05, 0) is 38.5 Å². The van der Waals surface area contributed by atoms with Crippen LogP contribution in [0, 0.1) is 6.92 Å². The van der Waals surface area contributed by atoms with Crippen molar-refractivity contribution in [3.63, 3.8) is 0 Å². The molecule has 0 unspecified atom stereocenters. The van der Waals surface area contributed by atoms with Crippen molar-refractivity contribution in [1.82, 2.24) is 15.5 Å². The first-order chi connectivity index (χ1) is 10.5. The molecule has 0 fully saturated rings. The SMILES string of the molecule is Cc1noc([C@H](C)N[C@@H](C)c2ccc3c(c2)NC(=O)CO3)n1. The minimum Gasteiger partial charge on any atom is -0.482 e. The molecule has 116 valence electrons. The number of carbonyl (C=O) groups is 1. The maximum absolute atomic E-state index is 11.4. The van der Waals surface area contributed by atoms with E-state index in [4.69, 9.17) is 9.26 Å². The Morgan fingerprint density at radius 2 is 2.14 bits per heavy atom. The number of benzene rings is 1. The van der Waals surface area contributed by atoms with Crippen molar-refractivity contribution < 1.29 is 14.1 Å². The molecule has 2 heterocycles. The fourth-order valence-corrected chi connectivity index (χ4v) is 2.40. The molecule has 0 aliphatic carbocycles. The Labute approximate surface area is 128 Å². The van der Waals surface area contributed by atoms with Gasteiger partial charge >= 0.3 is 0 Å². The molecule has 1 aliphatic heterocycles. The van der Waals surface area contributed by atoms with Crippen LogP contribution in [-0.4, -0.2) is 22.7 Å². The van der Waals surface area contributed by atoms with Gasteiger partial charge in [-0.25, -0.2) is 0 Å². The Balaban J connectivity index is 1.73. The lowest BCUT2D eigenvalue weighted by atomic mass is 10.1.